The van der Waals surface area contributed by atoms with Crippen LogP contribution < -0.4 is 4.74 Å². The number of rotatable bonds is 3. The Labute approximate surface area is 80.3 Å². The van der Waals surface area contributed by atoms with E-state index in [4.69, 9.17) is 9.84 Å². The molecule has 1 aromatic carbocycles. The molecule has 0 fully saturated rings. The van der Waals surface area contributed by atoms with Crippen LogP contribution in [-0.4, -0.2) is 17.8 Å². The summed E-state index contributed by atoms with van der Waals surface area (Å²) in [6.45, 7) is 1.85. The zero-order valence-electron chi connectivity index (χ0n) is 6.83. The minimum Gasteiger partial charge on any atom is -0.487 e. The number of halogens is 1. The van der Waals surface area contributed by atoms with Crippen molar-refractivity contribution >= 4 is 15.9 Å². The van der Waals surface area contributed by atoms with Crippen molar-refractivity contribution in [3.63, 3.8) is 0 Å². The quantitative estimate of drug-likeness (QED) is 0.864. The van der Waals surface area contributed by atoms with Crippen LogP contribution in [0.3, 0.4) is 0 Å². The molecule has 0 saturated carbocycles. The number of ether oxygens (including phenoxy) is 1. The second-order valence-electron chi connectivity index (χ2n) is 2.54. The second kappa shape index (κ2) is 4.48. The first-order chi connectivity index (χ1) is 5.74. The molecular formula is C9H11BrO2. The largest absolute Gasteiger partial charge is 0.487 e. The molecule has 12 heavy (non-hydrogen) atoms. The lowest BCUT2D eigenvalue weighted by atomic mass is 10.3. The van der Waals surface area contributed by atoms with Gasteiger partial charge in [0, 0.05) is 0 Å². The van der Waals surface area contributed by atoms with Gasteiger partial charge >= 0.3 is 0 Å². The first-order valence-electron chi connectivity index (χ1n) is 3.76. The molecule has 0 unspecified atom stereocenters. The first-order valence-corrected chi connectivity index (χ1v) is 4.55. The third kappa shape index (κ3) is 2.50. The monoisotopic (exact) mass is 230 g/mol. The average molecular weight is 231 g/mol. The maximum Gasteiger partial charge on any atom is 0.134 e. The van der Waals surface area contributed by atoms with E-state index in [1.54, 1.807) is 0 Å². The van der Waals surface area contributed by atoms with Crippen LogP contribution in [0.15, 0.2) is 28.7 Å². The first kappa shape index (κ1) is 9.55. The Morgan fingerprint density at radius 1 is 1.50 bits per heavy atom. The van der Waals surface area contributed by atoms with Gasteiger partial charge in [0.25, 0.3) is 0 Å². The Hall–Kier alpha value is -0.540. The van der Waals surface area contributed by atoms with E-state index < -0.39 is 0 Å². The normalized spacial score (nSPS) is 12.6. The molecule has 0 radical (unpaired) electrons. The van der Waals surface area contributed by atoms with Gasteiger partial charge in [-0.1, -0.05) is 12.1 Å². The fourth-order valence-corrected chi connectivity index (χ4v) is 1.17. The molecule has 0 aliphatic rings. The fourth-order valence-electron chi connectivity index (χ4n) is 0.794. The van der Waals surface area contributed by atoms with Crippen LogP contribution in [0.4, 0.5) is 0 Å². The fraction of sp³-hybridized carbons (Fsp3) is 0.333. The highest BCUT2D eigenvalue weighted by Gasteiger charge is 2.03. The summed E-state index contributed by atoms with van der Waals surface area (Å²) in [7, 11) is 0. The molecule has 0 heterocycles. The topological polar surface area (TPSA) is 29.5 Å². The maximum atomic E-state index is 8.75. The van der Waals surface area contributed by atoms with E-state index in [1.165, 1.54) is 0 Å². The number of hydrogen-bond donors (Lipinski definition) is 1. The van der Waals surface area contributed by atoms with Crippen LogP contribution in [0, 0.1) is 0 Å². The van der Waals surface area contributed by atoms with Crippen molar-refractivity contribution in [2.45, 2.75) is 13.0 Å². The zero-order valence-corrected chi connectivity index (χ0v) is 8.41. The molecule has 2 nitrogen and oxygen atoms in total. The predicted molar refractivity (Wildman–Crippen MR) is 51.3 cm³/mol. The average Bonchev–Trinajstić information content (AvgIpc) is 2.09. The summed E-state index contributed by atoms with van der Waals surface area (Å²) in [5, 5.41) is 8.75. The van der Waals surface area contributed by atoms with E-state index in [-0.39, 0.29) is 12.7 Å². The summed E-state index contributed by atoms with van der Waals surface area (Å²) in [6, 6.07) is 7.57. The van der Waals surface area contributed by atoms with E-state index >= 15 is 0 Å². The van der Waals surface area contributed by atoms with E-state index in [0.29, 0.717) is 0 Å². The number of hydrogen-bond acceptors (Lipinski definition) is 2. The molecule has 0 amide bonds. The van der Waals surface area contributed by atoms with E-state index in [9.17, 15) is 0 Å². The molecule has 1 aromatic rings. The van der Waals surface area contributed by atoms with Crippen LogP contribution in [-0.2, 0) is 0 Å². The molecule has 0 aliphatic carbocycles. The van der Waals surface area contributed by atoms with Gasteiger partial charge in [-0.3, -0.25) is 0 Å². The van der Waals surface area contributed by atoms with Crippen molar-refractivity contribution in [1.82, 2.24) is 0 Å². The number of benzene rings is 1. The summed E-state index contributed by atoms with van der Waals surface area (Å²) < 4.78 is 6.31. The minimum atomic E-state index is -0.163. The van der Waals surface area contributed by atoms with Crippen molar-refractivity contribution in [3.8, 4) is 5.75 Å². The van der Waals surface area contributed by atoms with Gasteiger partial charge in [-0.05, 0) is 35.0 Å². The Balaban J connectivity index is 2.69. The second-order valence-corrected chi connectivity index (χ2v) is 3.40. The van der Waals surface area contributed by atoms with Crippen LogP contribution in [0.25, 0.3) is 0 Å². The molecule has 3 heteroatoms. The molecule has 0 saturated heterocycles. The lowest BCUT2D eigenvalue weighted by Crippen LogP contribution is -2.16. The Kier molecular flexibility index (Phi) is 3.56. The van der Waals surface area contributed by atoms with E-state index in [0.717, 1.165) is 10.2 Å². The molecule has 1 rings (SSSR count). The Morgan fingerprint density at radius 2 is 2.17 bits per heavy atom. The SMILES string of the molecule is C[C@@H](CO)Oc1ccccc1Br. The molecule has 1 atom stereocenters. The van der Waals surface area contributed by atoms with Crippen molar-refractivity contribution in [2.75, 3.05) is 6.61 Å². The standard InChI is InChI=1S/C9H11BrO2/c1-7(6-11)12-9-5-3-2-4-8(9)10/h2-5,7,11H,6H2,1H3/t7-/m0/s1. The van der Waals surface area contributed by atoms with Crippen molar-refractivity contribution in [2.24, 2.45) is 0 Å². The highest BCUT2D eigenvalue weighted by Crippen LogP contribution is 2.24. The molecule has 0 aliphatic heterocycles. The summed E-state index contributed by atoms with van der Waals surface area (Å²) in [6.07, 6.45) is -0.163. The lowest BCUT2D eigenvalue weighted by Gasteiger charge is -2.12. The van der Waals surface area contributed by atoms with Crippen LogP contribution in [0.2, 0.25) is 0 Å². The van der Waals surface area contributed by atoms with Gasteiger partial charge in [0.2, 0.25) is 0 Å². The van der Waals surface area contributed by atoms with Crippen molar-refractivity contribution in [3.05, 3.63) is 28.7 Å². The molecule has 66 valence electrons. The number of para-hydroxylation sites is 1. The zero-order chi connectivity index (χ0) is 8.97. The van der Waals surface area contributed by atoms with Crippen LogP contribution >= 0.6 is 15.9 Å². The van der Waals surface area contributed by atoms with E-state index in [2.05, 4.69) is 15.9 Å². The molecule has 0 spiro atoms. The molecule has 0 aromatic heterocycles. The van der Waals surface area contributed by atoms with E-state index in [1.807, 2.05) is 31.2 Å². The van der Waals surface area contributed by atoms with Crippen molar-refractivity contribution in [1.29, 1.82) is 0 Å². The Bertz CT molecular complexity index is 250. The smallest absolute Gasteiger partial charge is 0.134 e. The number of aliphatic hydroxyl groups is 1. The number of aliphatic hydroxyl groups excluding tert-OH is 1. The van der Waals surface area contributed by atoms with Gasteiger partial charge in [0.1, 0.15) is 11.9 Å². The van der Waals surface area contributed by atoms with Crippen molar-refractivity contribution < 1.29 is 9.84 Å². The predicted octanol–water partition coefficient (Wildman–Crippen LogP) is 2.21. The third-order valence-electron chi connectivity index (χ3n) is 1.42. The Morgan fingerprint density at radius 3 is 2.75 bits per heavy atom. The van der Waals surface area contributed by atoms with Gasteiger partial charge in [-0.15, -0.1) is 0 Å². The highest BCUT2D eigenvalue weighted by molar-refractivity contribution is 9.10. The van der Waals surface area contributed by atoms with Crippen LogP contribution in [0.5, 0.6) is 5.75 Å². The van der Waals surface area contributed by atoms with Crippen LogP contribution in [0.1, 0.15) is 6.92 Å². The lowest BCUT2D eigenvalue weighted by molar-refractivity contribution is 0.129. The summed E-state index contributed by atoms with van der Waals surface area (Å²) >= 11 is 3.35. The summed E-state index contributed by atoms with van der Waals surface area (Å²) in [4.78, 5) is 0. The van der Waals surface area contributed by atoms with Gasteiger partial charge in [0.15, 0.2) is 0 Å². The molecular weight excluding hydrogens is 220 g/mol. The molecule has 1 N–H and O–H groups in total. The van der Waals surface area contributed by atoms with Gasteiger partial charge in [0.05, 0.1) is 11.1 Å². The summed E-state index contributed by atoms with van der Waals surface area (Å²) in [5.74, 6) is 0.763. The van der Waals surface area contributed by atoms with Gasteiger partial charge in [-0.25, -0.2) is 0 Å². The minimum absolute atomic E-state index is 0.0291. The highest BCUT2D eigenvalue weighted by atomic mass is 79.9. The van der Waals surface area contributed by atoms with Gasteiger partial charge in [-0.2, -0.15) is 0 Å². The van der Waals surface area contributed by atoms with Gasteiger partial charge < -0.3 is 9.84 Å². The summed E-state index contributed by atoms with van der Waals surface area (Å²) in [5.41, 5.74) is 0. The maximum absolute atomic E-state index is 8.75. The third-order valence-corrected chi connectivity index (χ3v) is 2.08. The molecule has 0 bridgehead atoms.